The molecule has 0 unspecified atom stereocenters. The highest BCUT2D eigenvalue weighted by atomic mass is 16.5. The molecule has 146 valence electrons. The topological polar surface area (TPSA) is 40.2 Å². The zero-order valence-corrected chi connectivity index (χ0v) is 16.4. The predicted octanol–water partition coefficient (Wildman–Crippen LogP) is 3.29. The molecule has 0 bridgehead atoms. The van der Waals surface area contributed by atoms with E-state index in [1.807, 2.05) is 19.2 Å². The molecule has 1 aromatic carbocycles. The summed E-state index contributed by atoms with van der Waals surface area (Å²) in [7, 11) is 5.16. The summed E-state index contributed by atoms with van der Waals surface area (Å²) in [6, 6.07) is 6.65. The van der Waals surface area contributed by atoms with Gasteiger partial charge in [-0.15, -0.1) is 0 Å². The van der Waals surface area contributed by atoms with Crippen molar-refractivity contribution in [2.24, 2.45) is 0 Å². The smallest absolute Gasteiger partial charge is 0.160 e. The molecular weight excluding hydrogens is 330 g/mol. The monoisotopic (exact) mass is 363 g/mol. The summed E-state index contributed by atoms with van der Waals surface area (Å²) in [6.45, 7) is 2.94. The first-order chi connectivity index (χ1) is 12.7. The van der Waals surface area contributed by atoms with E-state index in [-0.39, 0.29) is 0 Å². The van der Waals surface area contributed by atoms with Crippen LogP contribution in [0, 0.1) is 0 Å². The van der Waals surface area contributed by atoms with Gasteiger partial charge in [-0.05, 0) is 43.4 Å². The van der Waals surface area contributed by atoms with Crippen LogP contribution in [0.25, 0.3) is 0 Å². The molecule has 5 heteroatoms. The highest BCUT2D eigenvalue weighted by Crippen LogP contribution is 2.30. The Morgan fingerprint density at radius 2 is 1.81 bits per heavy atom. The molecule has 26 heavy (non-hydrogen) atoms. The summed E-state index contributed by atoms with van der Waals surface area (Å²) < 4.78 is 22.6. The highest BCUT2D eigenvalue weighted by Gasteiger charge is 2.35. The van der Waals surface area contributed by atoms with Crippen molar-refractivity contribution in [2.45, 2.75) is 56.8 Å². The molecule has 1 saturated carbocycles. The molecule has 1 saturated heterocycles. The van der Waals surface area contributed by atoms with Crippen LogP contribution in [0.4, 0.5) is 0 Å². The Bertz CT molecular complexity index is 565. The lowest BCUT2D eigenvalue weighted by Crippen LogP contribution is -2.46. The Kier molecular flexibility index (Phi) is 7.17. The van der Waals surface area contributed by atoms with Crippen LogP contribution in [-0.2, 0) is 15.9 Å². The summed E-state index contributed by atoms with van der Waals surface area (Å²) >= 11 is 0. The average Bonchev–Trinajstić information content (AvgIpc) is 3.17. The lowest BCUT2D eigenvalue weighted by atomic mass is 9.91. The lowest BCUT2D eigenvalue weighted by Gasteiger charge is -2.37. The number of hydrogen-bond acceptors (Lipinski definition) is 5. The number of rotatable bonds is 8. The van der Waals surface area contributed by atoms with Gasteiger partial charge in [0.15, 0.2) is 11.5 Å². The Hall–Kier alpha value is -1.30. The van der Waals surface area contributed by atoms with Crippen molar-refractivity contribution in [3.63, 3.8) is 0 Å². The lowest BCUT2D eigenvalue weighted by molar-refractivity contribution is -0.0327. The van der Waals surface area contributed by atoms with Crippen LogP contribution in [0.2, 0.25) is 0 Å². The van der Waals surface area contributed by atoms with E-state index in [1.54, 1.807) is 14.2 Å². The summed E-state index contributed by atoms with van der Waals surface area (Å²) in [5, 5.41) is 0. The van der Waals surface area contributed by atoms with Crippen LogP contribution in [0.3, 0.4) is 0 Å². The second kappa shape index (κ2) is 9.58. The quantitative estimate of drug-likeness (QED) is 0.709. The van der Waals surface area contributed by atoms with E-state index in [4.69, 9.17) is 18.9 Å². The van der Waals surface area contributed by atoms with Crippen molar-refractivity contribution in [2.75, 3.05) is 41.0 Å². The predicted molar refractivity (Wildman–Crippen MR) is 102 cm³/mol. The highest BCUT2D eigenvalue weighted by molar-refractivity contribution is 5.42. The minimum atomic E-state index is 0.347. The van der Waals surface area contributed by atoms with Crippen LogP contribution < -0.4 is 9.47 Å². The number of methoxy groups -OCH3 is 3. The Balaban J connectivity index is 1.52. The number of hydrogen-bond donors (Lipinski definition) is 0. The fraction of sp³-hybridized carbons (Fsp3) is 0.714. The standard InChI is InChI=1S/C21H33NO4/c1-23-17-10-12-22(15-17)18-6-4-5-7-19(18)26-13-11-16-8-9-20(24-2)21(14-16)25-3/h8-9,14,17-19H,4-7,10-13,15H2,1-3H3/t17-,18-,19-/m1/s1. The third-order valence-electron chi connectivity index (χ3n) is 5.82. The van der Waals surface area contributed by atoms with Crippen LogP contribution >= 0.6 is 0 Å². The van der Waals surface area contributed by atoms with Gasteiger partial charge in [-0.2, -0.15) is 0 Å². The SMILES string of the molecule is COc1ccc(CCO[C@@H]2CCCC[C@H]2N2CC[C@@H](OC)C2)cc1OC. The van der Waals surface area contributed by atoms with E-state index < -0.39 is 0 Å². The molecule has 3 rings (SSSR count). The van der Waals surface area contributed by atoms with Crippen LogP contribution in [0.1, 0.15) is 37.7 Å². The third kappa shape index (κ3) is 4.70. The molecule has 1 aliphatic carbocycles. The second-order valence-electron chi connectivity index (χ2n) is 7.34. The molecule has 1 heterocycles. The molecule has 1 aliphatic heterocycles. The van der Waals surface area contributed by atoms with E-state index in [0.29, 0.717) is 18.2 Å². The minimum Gasteiger partial charge on any atom is -0.493 e. The normalized spacial score (nSPS) is 26.8. The summed E-state index contributed by atoms with van der Waals surface area (Å²) in [5.74, 6) is 1.55. The van der Waals surface area contributed by atoms with E-state index >= 15 is 0 Å². The second-order valence-corrected chi connectivity index (χ2v) is 7.34. The van der Waals surface area contributed by atoms with Crippen molar-refractivity contribution in [3.05, 3.63) is 23.8 Å². The fourth-order valence-corrected chi connectivity index (χ4v) is 4.30. The van der Waals surface area contributed by atoms with Gasteiger partial charge in [-0.1, -0.05) is 18.9 Å². The molecule has 0 spiro atoms. The van der Waals surface area contributed by atoms with Gasteiger partial charge in [0.2, 0.25) is 0 Å². The molecule has 0 N–H and O–H groups in total. The fourth-order valence-electron chi connectivity index (χ4n) is 4.30. The Morgan fingerprint density at radius 3 is 2.54 bits per heavy atom. The largest absolute Gasteiger partial charge is 0.493 e. The van der Waals surface area contributed by atoms with Gasteiger partial charge in [0, 0.05) is 26.2 Å². The van der Waals surface area contributed by atoms with Crippen molar-refractivity contribution in [3.8, 4) is 11.5 Å². The van der Waals surface area contributed by atoms with Crippen molar-refractivity contribution in [1.82, 2.24) is 4.90 Å². The maximum absolute atomic E-state index is 6.36. The maximum atomic E-state index is 6.36. The summed E-state index contributed by atoms with van der Waals surface area (Å²) in [6.07, 6.45) is 7.79. The van der Waals surface area contributed by atoms with Crippen LogP contribution in [0.5, 0.6) is 11.5 Å². The van der Waals surface area contributed by atoms with Crippen LogP contribution in [-0.4, -0.2) is 64.2 Å². The molecular formula is C21H33NO4. The first kappa shape index (κ1) is 19.5. The van der Waals surface area contributed by atoms with E-state index in [9.17, 15) is 0 Å². The van der Waals surface area contributed by atoms with Gasteiger partial charge in [0.05, 0.1) is 33.0 Å². The molecule has 0 amide bonds. The van der Waals surface area contributed by atoms with Gasteiger partial charge in [0.1, 0.15) is 0 Å². The maximum Gasteiger partial charge on any atom is 0.160 e. The molecule has 2 fully saturated rings. The molecule has 2 aliphatic rings. The third-order valence-corrected chi connectivity index (χ3v) is 5.82. The average molecular weight is 363 g/mol. The first-order valence-corrected chi connectivity index (χ1v) is 9.84. The molecule has 5 nitrogen and oxygen atoms in total. The van der Waals surface area contributed by atoms with E-state index in [2.05, 4.69) is 11.0 Å². The Labute approximate surface area is 157 Å². The zero-order chi connectivity index (χ0) is 18.4. The number of benzene rings is 1. The minimum absolute atomic E-state index is 0.347. The summed E-state index contributed by atoms with van der Waals surface area (Å²) in [4.78, 5) is 2.59. The van der Waals surface area contributed by atoms with Gasteiger partial charge in [-0.25, -0.2) is 0 Å². The zero-order valence-electron chi connectivity index (χ0n) is 16.4. The van der Waals surface area contributed by atoms with Gasteiger partial charge in [0.25, 0.3) is 0 Å². The molecule has 0 aromatic heterocycles. The number of nitrogens with zero attached hydrogens (tertiary/aromatic N) is 1. The first-order valence-electron chi connectivity index (χ1n) is 9.84. The number of likely N-dealkylation sites (tertiary alicyclic amines) is 1. The van der Waals surface area contributed by atoms with E-state index in [1.165, 1.54) is 31.2 Å². The van der Waals surface area contributed by atoms with Gasteiger partial charge in [-0.3, -0.25) is 4.90 Å². The van der Waals surface area contributed by atoms with Crippen molar-refractivity contribution < 1.29 is 18.9 Å². The molecule has 0 radical (unpaired) electrons. The molecule has 1 aromatic rings. The van der Waals surface area contributed by atoms with Gasteiger partial charge >= 0.3 is 0 Å². The summed E-state index contributed by atoms with van der Waals surface area (Å²) in [5.41, 5.74) is 1.22. The van der Waals surface area contributed by atoms with Crippen molar-refractivity contribution >= 4 is 0 Å². The van der Waals surface area contributed by atoms with Gasteiger partial charge < -0.3 is 18.9 Å². The van der Waals surface area contributed by atoms with Crippen LogP contribution in [0.15, 0.2) is 18.2 Å². The molecule has 3 atom stereocenters. The Morgan fingerprint density at radius 1 is 1.00 bits per heavy atom. The van der Waals surface area contributed by atoms with Crippen molar-refractivity contribution in [1.29, 1.82) is 0 Å². The van der Waals surface area contributed by atoms with E-state index in [0.717, 1.165) is 44.0 Å². The number of ether oxygens (including phenoxy) is 4.